The van der Waals surface area contributed by atoms with Crippen LogP contribution in [-0.2, 0) is 0 Å². The Kier molecular flexibility index (Phi) is 3.93. The molecule has 0 aliphatic carbocycles. The molecule has 1 heterocycles. The van der Waals surface area contributed by atoms with Crippen LogP contribution in [0.25, 0.3) is 0 Å². The van der Waals surface area contributed by atoms with Crippen molar-refractivity contribution in [1.29, 1.82) is 0 Å². The van der Waals surface area contributed by atoms with Gasteiger partial charge in [0.25, 0.3) is 0 Å². The van der Waals surface area contributed by atoms with Crippen molar-refractivity contribution in [1.82, 2.24) is 9.80 Å². The predicted molar refractivity (Wildman–Crippen MR) is 61.4 cm³/mol. The molecule has 0 saturated carbocycles. The van der Waals surface area contributed by atoms with Crippen LogP contribution in [0.1, 0.15) is 27.2 Å². The molecule has 4 unspecified atom stereocenters. The number of rotatable bonds is 3. The summed E-state index contributed by atoms with van der Waals surface area (Å²) >= 11 is 0. The van der Waals surface area contributed by atoms with Gasteiger partial charge in [0.2, 0.25) is 0 Å². The van der Waals surface area contributed by atoms with Gasteiger partial charge in [-0.15, -0.1) is 0 Å². The van der Waals surface area contributed by atoms with E-state index in [2.05, 4.69) is 44.7 Å². The molecule has 0 bridgehead atoms. The molecule has 1 fully saturated rings. The number of likely N-dealkylation sites (tertiary alicyclic amines) is 1. The largest absolute Gasteiger partial charge is 0.327 e. The summed E-state index contributed by atoms with van der Waals surface area (Å²) < 4.78 is 0. The van der Waals surface area contributed by atoms with Crippen molar-refractivity contribution in [3.8, 4) is 0 Å². The lowest BCUT2D eigenvalue weighted by atomic mass is 10.1. The Labute approximate surface area is 88.2 Å². The Balaban J connectivity index is 2.59. The van der Waals surface area contributed by atoms with E-state index in [1.807, 2.05) is 0 Å². The highest BCUT2D eigenvalue weighted by atomic mass is 15.3. The van der Waals surface area contributed by atoms with E-state index in [0.29, 0.717) is 18.1 Å². The summed E-state index contributed by atoms with van der Waals surface area (Å²) in [6.07, 6.45) is 1.27. The van der Waals surface area contributed by atoms with Crippen molar-refractivity contribution in [2.45, 2.75) is 51.4 Å². The van der Waals surface area contributed by atoms with E-state index in [1.165, 1.54) is 13.0 Å². The highest BCUT2D eigenvalue weighted by molar-refractivity contribution is 4.92. The fraction of sp³-hybridized carbons (Fsp3) is 1.00. The van der Waals surface area contributed by atoms with Crippen LogP contribution in [0.2, 0.25) is 0 Å². The molecule has 1 saturated heterocycles. The third-order valence-electron chi connectivity index (χ3n) is 3.71. The summed E-state index contributed by atoms with van der Waals surface area (Å²) in [4.78, 5) is 4.87. The zero-order chi connectivity index (χ0) is 10.9. The lowest BCUT2D eigenvalue weighted by Crippen LogP contribution is -2.49. The first-order valence-corrected chi connectivity index (χ1v) is 5.63. The SMILES string of the molecule is CC(N)C(C)N1CCC(N(C)C)C1C. The molecule has 1 rings (SSSR count). The number of nitrogens with zero attached hydrogens (tertiary/aromatic N) is 2. The van der Waals surface area contributed by atoms with E-state index in [1.54, 1.807) is 0 Å². The molecule has 4 atom stereocenters. The van der Waals surface area contributed by atoms with Crippen molar-refractivity contribution in [2.75, 3.05) is 20.6 Å². The standard InChI is InChI=1S/C11H25N3/c1-8(12)9(2)14-7-6-11(10(14)3)13(4)5/h8-11H,6-7,12H2,1-5H3. The van der Waals surface area contributed by atoms with Crippen LogP contribution in [0.5, 0.6) is 0 Å². The molecule has 3 nitrogen and oxygen atoms in total. The van der Waals surface area contributed by atoms with E-state index in [-0.39, 0.29) is 6.04 Å². The van der Waals surface area contributed by atoms with Gasteiger partial charge in [-0.1, -0.05) is 0 Å². The molecule has 0 spiro atoms. The second-order valence-electron chi connectivity index (χ2n) is 4.90. The Hall–Kier alpha value is -0.120. The van der Waals surface area contributed by atoms with E-state index in [9.17, 15) is 0 Å². The van der Waals surface area contributed by atoms with Gasteiger partial charge in [0.15, 0.2) is 0 Å². The molecule has 2 N–H and O–H groups in total. The minimum absolute atomic E-state index is 0.262. The maximum Gasteiger partial charge on any atom is 0.0255 e. The van der Waals surface area contributed by atoms with Crippen LogP contribution in [0.3, 0.4) is 0 Å². The summed E-state index contributed by atoms with van der Waals surface area (Å²) in [5.74, 6) is 0. The molecule has 0 radical (unpaired) electrons. The summed E-state index contributed by atoms with van der Waals surface area (Å²) in [5.41, 5.74) is 5.94. The van der Waals surface area contributed by atoms with Gasteiger partial charge in [0, 0.05) is 30.7 Å². The first-order chi connectivity index (χ1) is 6.45. The van der Waals surface area contributed by atoms with Crippen LogP contribution in [0, 0.1) is 0 Å². The highest BCUT2D eigenvalue weighted by Crippen LogP contribution is 2.23. The maximum atomic E-state index is 5.94. The summed E-state index contributed by atoms with van der Waals surface area (Å²) in [6.45, 7) is 7.84. The summed E-state index contributed by atoms with van der Waals surface area (Å²) in [5, 5.41) is 0. The van der Waals surface area contributed by atoms with Crippen LogP contribution >= 0.6 is 0 Å². The second-order valence-corrected chi connectivity index (χ2v) is 4.90. The Morgan fingerprint density at radius 1 is 1.36 bits per heavy atom. The van der Waals surface area contributed by atoms with Gasteiger partial charge in [-0.2, -0.15) is 0 Å². The quantitative estimate of drug-likeness (QED) is 0.728. The van der Waals surface area contributed by atoms with Crippen molar-refractivity contribution < 1.29 is 0 Å². The van der Waals surface area contributed by atoms with Crippen molar-refractivity contribution in [2.24, 2.45) is 5.73 Å². The van der Waals surface area contributed by atoms with Crippen molar-refractivity contribution in [3.63, 3.8) is 0 Å². The molecular formula is C11H25N3. The zero-order valence-electron chi connectivity index (χ0n) is 10.2. The zero-order valence-corrected chi connectivity index (χ0v) is 10.2. The first-order valence-electron chi connectivity index (χ1n) is 5.63. The molecule has 84 valence electrons. The Bertz CT molecular complexity index is 179. The Morgan fingerprint density at radius 2 is 1.93 bits per heavy atom. The average molecular weight is 199 g/mol. The molecule has 0 aromatic carbocycles. The minimum atomic E-state index is 0.262. The van der Waals surface area contributed by atoms with Crippen LogP contribution in [0.15, 0.2) is 0 Å². The molecule has 14 heavy (non-hydrogen) atoms. The van der Waals surface area contributed by atoms with Gasteiger partial charge in [-0.25, -0.2) is 0 Å². The number of hydrogen-bond donors (Lipinski definition) is 1. The van der Waals surface area contributed by atoms with E-state index >= 15 is 0 Å². The molecule has 0 amide bonds. The van der Waals surface area contributed by atoms with Gasteiger partial charge >= 0.3 is 0 Å². The van der Waals surface area contributed by atoms with Crippen LogP contribution in [0.4, 0.5) is 0 Å². The monoisotopic (exact) mass is 199 g/mol. The molecular weight excluding hydrogens is 174 g/mol. The lowest BCUT2D eigenvalue weighted by Gasteiger charge is -2.34. The molecule has 1 aliphatic rings. The topological polar surface area (TPSA) is 32.5 Å². The first kappa shape index (κ1) is 12.0. The van der Waals surface area contributed by atoms with Gasteiger partial charge in [-0.3, -0.25) is 4.90 Å². The molecule has 0 aromatic heterocycles. The minimum Gasteiger partial charge on any atom is -0.327 e. The average Bonchev–Trinajstić information content (AvgIpc) is 2.45. The van der Waals surface area contributed by atoms with Crippen LogP contribution in [-0.4, -0.2) is 54.6 Å². The summed E-state index contributed by atoms with van der Waals surface area (Å²) in [6, 6.07) is 2.08. The molecule has 3 heteroatoms. The highest BCUT2D eigenvalue weighted by Gasteiger charge is 2.35. The maximum absolute atomic E-state index is 5.94. The number of nitrogens with two attached hydrogens (primary N) is 1. The van der Waals surface area contributed by atoms with Gasteiger partial charge < -0.3 is 10.6 Å². The molecule has 1 aliphatic heterocycles. The lowest BCUT2D eigenvalue weighted by molar-refractivity contribution is 0.147. The second kappa shape index (κ2) is 4.60. The predicted octanol–water partition coefficient (Wildman–Crippen LogP) is 0.747. The van der Waals surface area contributed by atoms with E-state index < -0.39 is 0 Å². The fourth-order valence-corrected chi connectivity index (χ4v) is 2.51. The normalized spacial score (nSPS) is 33.6. The summed E-state index contributed by atoms with van der Waals surface area (Å²) in [7, 11) is 4.34. The van der Waals surface area contributed by atoms with E-state index in [4.69, 9.17) is 5.73 Å². The van der Waals surface area contributed by atoms with Gasteiger partial charge in [0.1, 0.15) is 0 Å². The third-order valence-corrected chi connectivity index (χ3v) is 3.71. The van der Waals surface area contributed by atoms with Gasteiger partial charge in [-0.05, 0) is 41.3 Å². The van der Waals surface area contributed by atoms with Gasteiger partial charge in [0.05, 0.1) is 0 Å². The van der Waals surface area contributed by atoms with E-state index in [0.717, 1.165) is 0 Å². The van der Waals surface area contributed by atoms with Crippen molar-refractivity contribution in [3.05, 3.63) is 0 Å². The number of hydrogen-bond acceptors (Lipinski definition) is 3. The van der Waals surface area contributed by atoms with Crippen LogP contribution < -0.4 is 5.73 Å². The number of likely N-dealkylation sites (N-methyl/N-ethyl adjacent to an activating group) is 1. The Morgan fingerprint density at radius 3 is 2.29 bits per heavy atom. The fourth-order valence-electron chi connectivity index (χ4n) is 2.51. The smallest absolute Gasteiger partial charge is 0.0255 e. The third kappa shape index (κ3) is 2.27. The molecule has 0 aromatic rings. The van der Waals surface area contributed by atoms with Crippen molar-refractivity contribution >= 4 is 0 Å².